The fraction of sp³-hybridized carbons (Fsp3) is 0.875. The smallest absolute Gasteiger partial charge is 0.326 e. The number of likely N-dealkylation sites (tertiary alicyclic amines) is 1. The van der Waals surface area contributed by atoms with Gasteiger partial charge in [-0.05, 0) is 49.9 Å². The van der Waals surface area contributed by atoms with Gasteiger partial charge in [0.15, 0.2) is 0 Å². The number of amides is 1. The van der Waals surface area contributed by atoms with Gasteiger partial charge in [0.05, 0.1) is 0 Å². The molecule has 3 fully saturated rings. The van der Waals surface area contributed by atoms with Gasteiger partial charge >= 0.3 is 5.97 Å². The lowest BCUT2D eigenvalue weighted by atomic mass is 9.84. The summed E-state index contributed by atoms with van der Waals surface area (Å²) < 4.78 is 0. The Bertz CT molecular complexity index is 409. The molecule has 20 heavy (non-hydrogen) atoms. The molecule has 1 N–H and O–H groups in total. The van der Waals surface area contributed by atoms with E-state index in [9.17, 15) is 14.7 Å². The van der Waals surface area contributed by atoms with E-state index in [1.807, 2.05) is 0 Å². The van der Waals surface area contributed by atoms with E-state index in [2.05, 4.69) is 6.92 Å². The number of rotatable bonds is 3. The van der Waals surface area contributed by atoms with Crippen LogP contribution in [0.1, 0.15) is 51.9 Å². The molecule has 5 unspecified atom stereocenters. The molecule has 0 aromatic heterocycles. The van der Waals surface area contributed by atoms with Gasteiger partial charge in [0.2, 0.25) is 5.91 Å². The van der Waals surface area contributed by atoms with Crippen LogP contribution in [0.15, 0.2) is 0 Å². The summed E-state index contributed by atoms with van der Waals surface area (Å²) in [6.07, 6.45) is 7.26. The molecule has 2 bridgehead atoms. The summed E-state index contributed by atoms with van der Waals surface area (Å²) in [5.74, 6) is 1.16. The third kappa shape index (κ3) is 2.33. The Hall–Kier alpha value is -1.06. The quantitative estimate of drug-likeness (QED) is 0.863. The highest BCUT2D eigenvalue weighted by molar-refractivity contribution is 5.85. The number of aliphatic carboxylic acids is 1. The summed E-state index contributed by atoms with van der Waals surface area (Å²) in [7, 11) is 0. The lowest BCUT2D eigenvalue weighted by Gasteiger charge is -2.39. The Kier molecular flexibility index (Phi) is 3.74. The maximum atomic E-state index is 12.8. The number of nitrogens with zero attached hydrogens (tertiary/aromatic N) is 1. The van der Waals surface area contributed by atoms with Crippen LogP contribution in [-0.2, 0) is 9.59 Å². The molecule has 3 aliphatic rings. The highest BCUT2D eigenvalue weighted by Gasteiger charge is 2.47. The van der Waals surface area contributed by atoms with Crippen molar-refractivity contribution in [3.05, 3.63) is 0 Å². The van der Waals surface area contributed by atoms with Crippen LogP contribution in [0.4, 0.5) is 0 Å². The Morgan fingerprint density at radius 2 is 1.95 bits per heavy atom. The second kappa shape index (κ2) is 5.38. The van der Waals surface area contributed by atoms with E-state index in [1.54, 1.807) is 4.90 Å². The second-order valence-corrected chi connectivity index (χ2v) is 6.97. The first-order valence-electron chi connectivity index (χ1n) is 8.13. The average molecular weight is 279 g/mol. The monoisotopic (exact) mass is 279 g/mol. The van der Waals surface area contributed by atoms with Crippen LogP contribution in [0.2, 0.25) is 0 Å². The number of carboxylic acids is 1. The van der Waals surface area contributed by atoms with Crippen LogP contribution in [0.25, 0.3) is 0 Å². The molecular formula is C16H25NO3. The molecular weight excluding hydrogens is 254 g/mol. The van der Waals surface area contributed by atoms with Gasteiger partial charge < -0.3 is 10.0 Å². The van der Waals surface area contributed by atoms with Gasteiger partial charge in [-0.3, -0.25) is 4.79 Å². The highest BCUT2D eigenvalue weighted by atomic mass is 16.4. The number of fused-ring (bicyclic) bond motifs is 2. The molecule has 0 aromatic rings. The maximum absolute atomic E-state index is 12.8. The number of piperidine rings is 1. The van der Waals surface area contributed by atoms with Gasteiger partial charge in [-0.2, -0.15) is 0 Å². The summed E-state index contributed by atoms with van der Waals surface area (Å²) in [4.78, 5) is 26.0. The van der Waals surface area contributed by atoms with E-state index in [0.717, 1.165) is 25.2 Å². The van der Waals surface area contributed by atoms with Crippen LogP contribution in [0, 0.1) is 23.7 Å². The molecule has 4 nitrogen and oxygen atoms in total. The molecule has 5 atom stereocenters. The van der Waals surface area contributed by atoms with Crippen molar-refractivity contribution < 1.29 is 14.7 Å². The van der Waals surface area contributed by atoms with E-state index in [0.29, 0.717) is 24.8 Å². The van der Waals surface area contributed by atoms with Gasteiger partial charge in [-0.25, -0.2) is 4.79 Å². The number of hydrogen-bond acceptors (Lipinski definition) is 2. The topological polar surface area (TPSA) is 57.6 Å². The van der Waals surface area contributed by atoms with Crippen molar-refractivity contribution in [3.8, 4) is 0 Å². The largest absolute Gasteiger partial charge is 0.480 e. The van der Waals surface area contributed by atoms with E-state index >= 15 is 0 Å². The van der Waals surface area contributed by atoms with Gasteiger partial charge in [-0.15, -0.1) is 0 Å². The molecule has 0 spiro atoms. The summed E-state index contributed by atoms with van der Waals surface area (Å²) in [5, 5.41) is 9.45. The lowest BCUT2D eigenvalue weighted by Crippen LogP contribution is -2.52. The van der Waals surface area contributed by atoms with Crippen molar-refractivity contribution in [3.63, 3.8) is 0 Å². The number of carbonyl (C=O) groups excluding carboxylic acids is 1. The SMILES string of the molecule is CCC1CCN(C(=O)C2CC3CCC2C3)C(C(=O)O)C1. The standard InChI is InChI=1S/C16H25NO3/c1-2-10-5-6-17(14(9-10)16(19)20)15(18)13-8-11-3-4-12(13)7-11/h10-14H,2-9H2,1H3,(H,19,20). The Balaban J connectivity index is 1.71. The normalized spacial score (nSPS) is 40.0. The van der Waals surface area contributed by atoms with Crippen molar-refractivity contribution in [2.24, 2.45) is 23.7 Å². The second-order valence-electron chi connectivity index (χ2n) is 6.97. The minimum Gasteiger partial charge on any atom is -0.480 e. The van der Waals surface area contributed by atoms with Gasteiger partial charge in [0, 0.05) is 12.5 Å². The van der Waals surface area contributed by atoms with E-state index < -0.39 is 12.0 Å². The van der Waals surface area contributed by atoms with Crippen molar-refractivity contribution in [1.82, 2.24) is 4.90 Å². The first-order valence-corrected chi connectivity index (χ1v) is 8.13. The summed E-state index contributed by atoms with van der Waals surface area (Å²) in [5.41, 5.74) is 0. The fourth-order valence-corrected chi connectivity index (χ4v) is 4.67. The number of carbonyl (C=O) groups is 2. The summed E-state index contributed by atoms with van der Waals surface area (Å²) in [6.45, 7) is 2.75. The molecule has 0 radical (unpaired) electrons. The average Bonchev–Trinajstić information content (AvgIpc) is 3.08. The molecule has 2 saturated carbocycles. The van der Waals surface area contributed by atoms with E-state index in [1.165, 1.54) is 19.3 Å². The van der Waals surface area contributed by atoms with Gasteiger partial charge in [0.1, 0.15) is 6.04 Å². The summed E-state index contributed by atoms with van der Waals surface area (Å²) in [6, 6.07) is -0.583. The predicted octanol–water partition coefficient (Wildman–Crippen LogP) is 2.52. The molecule has 1 aliphatic heterocycles. The zero-order valence-electron chi connectivity index (χ0n) is 12.3. The zero-order chi connectivity index (χ0) is 14.3. The molecule has 1 amide bonds. The Labute approximate surface area is 120 Å². The Morgan fingerprint density at radius 3 is 2.50 bits per heavy atom. The molecule has 1 heterocycles. The van der Waals surface area contributed by atoms with Crippen molar-refractivity contribution in [2.45, 2.75) is 57.9 Å². The van der Waals surface area contributed by atoms with Gasteiger partial charge in [-0.1, -0.05) is 19.8 Å². The third-order valence-electron chi connectivity index (χ3n) is 5.91. The Morgan fingerprint density at radius 1 is 1.15 bits per heavy atom. The molecule has 3 rings (SSSR count). The minimum absolute atomic E-state index is 0.119. The van der Waals surface area contributed by atoms with E-state index in [4.69, 9.17) is 0 Å². The fourth-order valence-electron chi connectivity index (χ4n) is 4.67. The number of hydrogen-bond donors (Lipinski definition) is 1. The first-order chi connectivity index (χ1) is 9.60. The van der Waals surface area contributed by atoms with E-state index in [-0.39, 0.29) is 11.8 Å². The van der Waals surface area contributed by atoms with Gasteiger partial charge in [0.25, 0.3) is 0 Å². The van der Waals surface area contributed by atoms with Crippen molar-refractivity contribution >= 4 is 11.9 Å². The van der Waals surface area contributed by atoms with Crippen LogP contribution >= 0.6 is 0 Å². The number of carboxylic acid groups (broad SMARTS) is 1. The molecule has 2 aliphatic carbocycles. The molecule has 112 valence electrons. The molecule has 1 saturated heterocycles. The predicted molar refractivity (Wildman–Crippen MR) is 75.1 cm³/mol. The zero-order valence-corrected chi connectivity index (χ0v) is 12.3. The van der Waals surface area contributed by atoms with Crippen molar-refractivity contribution in [1.29, 1.82) is 0 Å². The first kappa shape index (κ1) is 13.9. The molecule has 4 heteroatoms. The van der Waals surface area contributed by atoms with Crippen LogP contribution in [0.5, 0.6) is 0 Å². The lowest BCUT2D eigenvalue weighted by molar-refractivity contribution is -0.156. The third-order valence-corrected chi connectivity index (χ3v) is 5.91. The maximum Gasteiger partial charge on any atom is 0.326 e. The summed E-state index contributed by atoms with van der Waals surface area (Å²) >= 11 is 0. The van der Waals surface area contributed by atoms with Crippen LogP contribution < -0.4 is 0 Å². The van der Waals surface area contributed by atoms with Crippen LogP contribution in [-0.4, -0.2) is 34.5 Å². The van der Waals surface area contributed by atoms with Crippen LogP contribution in [0.3, 0.4) is 0 Å². The molecule has 0 aromatic carbocycles. The highest BCUT2D eigenvalue weighted by Crippen LogP contribution is 2.49. The van der Waals surface area contributed by atoms with Crippen molar-refractivity contribution in [2.75, 3.05) is 6.54 Å². The minimum atomic E-state index is -0.820.